The highest BCUT2D eigenvalue weighted by Gasteiger charge is 2.00. The predicted molar refractivity (Wildman–Crippen MR) is 56.5 cm³/mol. The second-order valence-corrected chi connectivity index (χ2v) is 3.02. The van der Waals surface area contributed by atoms with Gasteiger partial charge in [-0.05, 0) is 25.3 Å². The van der Waals surface area contributed by atoms with E-state index in [9.17, 15) is 0 Å². The minimum atomic E-state index is 0.701. The molecule has 0 aromatic heterocycles. The second kappa shape index (κ2) is 6.84. The van der Waals surface area contributed by atoms with Crippen molar-refractivity contribution in [1.29, 1.82) is 0 Å². The van der Waals surface area contributed by atoms with Crippen molar-refractivity contribution in [3.05, 3.63) is 24.9 Å². The zero-order valence-corrected chi connectivity index (χ0v) is 8.38. The Morgan fingerprint density at radius 3 is 2.67 bits per heavy atom. The van der Waals surface area contributed by atoms with E-state index in [1.807, 2.05) is 25.3 Å². The Morgan fingerprint density at radius 2 is 2.25 bits per heavy atom. The Hall–Kier alpha value is -0.850. The lowest BCUT2D eigenvalue weighted by Gasteiger charge is -2.06. The van der Waals surface area contributed by atoms with Gasteiger partial charge in [0.25, 0.3) is 0 Å². The smallest absolute Gasteiger partial charge is 0.0400 e. The zero-order valence-electron chi connectivity index (χ0n) is 8.38. The van der Waals surface area contributed by atoms with E-state index in [1.54, 1.807) is 0 Å². The summed E-state index contributed by atoms with van der Waals surface area (Å²) in [6.07, 6.45) is 7.82. The standard InChI is InChI=1S/C11H19N/c1-5-8-12-11(7-3)9-10(4)6-2/h5,7-8,10H,3,6,9H2,1-2,4H3/b8-5-,12-11+. The second-order valence-electron chi connectivity index (χ2n) is 3.02. The van der Waals surface area contributed by atoms with Gasteiger partial charge in [-0.2, -0.15) is 0 Å². The highest BCUT2D eigenvalue weighted by atomic mass is 14.7. The Morgan fingerprint density at radius 1 is 1.58 bits per heavy atom. The molecule has 0 bridgehead atoms. The highest BCUT2D eigenvalue weighted by molar-refractivity contribution is 5.94. The molecule has 0 aliphatic rings. The van der Waals surface area contributed by atoms with E-state index >= 15 is 0 Å². The van der Waals surface area contributed by atoms with E-state index in [0.717, 1.165) is 12.1 Å². The molecule has 0 saturated heterocycles. The van der Waals surface area contributed by atoms with E-state index in [2.05, 4.69) is 25.4 Å². The molecule has 68 valence electrons. The summed E-state index contributed by atoms with van der Waals surface area (Å²) < 4.78 is 0. The minimum Gasteiger partial charge on any atom is -0.262 e. The molecule has 0 aromatic carbocycles. The number of aliphatic imine (C=N–C) groups is 1. The van der Waals surface area contributed by atoms with Crippen LogP contribution in [0.5, 0.6) is 0 Å². The molecule has 0 saturated carbocycles. The predicted octanol–water partition coefficient (Wildman–Crippen LogP) is 3.58. The summed E-state index contributed by atoms with van der Waals surface area (Å²) in [5.74, 6) is 0.701. The average Bonchev–Trinajstić information content (AvgIpc) is 2.11. The van der Waals surface area contributed by atoms with E-state index in [-0.39, 0.29) is 0 Å². The molecular weight excluding hydrogens is 146 g/mol. The van der Waals surface area contributed by atoms with Crippen LogP contribution in [0.3, 0.4) is 0 Å². The number of allylic oxidation sites excluding steroid dienone is 2. The van der Waals surface area contributed by atoms with Crippen molar-refractivity contribution in [3.63, 3.8) is 0 Å². The van der Waals surface area contributed by atoms with Gasteiger partial charge in [-0.15, -0.1) is 0 Å². The summed E-state index contributed by atoms with van der Waals surface area (Å²) in [6.45, 7) is 10.1. The van der Waals surface area contributed by atoms with Crippen molar-refractivity contribution < 1.29 is 0 Å². The molecule has 1 atom stereocenters. The van der Waals surface area contributed by atoms with Crippen LogP contribution in [0.1, 0.15) is 33.6 Å². The fourth-order valence-corrected chi connectivity index (χ4v) is 0.860. The molecule has 0 aromatic rings. The first-order chi connectivity index (χ1) is 5.74. The SMILES string of the molecule is C=C/C(CC(C)CC)=N\C=C/C. The van der Waals surface area contributed by atoms with E-state index < -0.39 is 0 Å². The first-order valence-corrected chi connectivity index (χ1v) is 4.54. The quantitative estimate of drug-likeness (QED) is 0.552. The van der Waals surface area contributed by atoms with Crippen molar-refractivity contribution in [2.24, 2.45) is 10.9 Å². The highest BCUT2D eigenvalue weighted by Crippen LogP contribution is 2.08. The van der Waals surface area contributed by atoms with Gasteiger partial charge in [-0.3, -0.25) is 4.99 Å². The fourth-order valence-electron chi connectivity index (χ4n) is 0.860. The van der Waals surface area contributed by atoms with Gasteiger partial charge in [-0.25, -0.2) is 0 Å². The summed E-state index contributed by atoms with van der Waals surface area (Å²) >= 11 is 0. The molecule has 0 fully saturated rings. The minimum absolute atomic E-state index is 0.701. The largest absolute Gasteiger partial charge is 0.262 e. The molecule has 0 spiro atoms. The van der Waals surface area contributed by atoms with Crippen LogP contribution >= 0.6 is 0 Å². The van der Waals surface area contributed by atoms with Gasteiger partial charge in [0.2, 0.25) is 0 Å². The molecule has 0 radical (unpaired) electrons. The maximum absolute atomic E-state index is 4.27. The molecule has 0 aliphatic carbocycles. The normalized spacial score (nSPS) is 15.1. The van der Waals surface area contributed by atoms with Crippen molar-refractivity contribution in [2.45, 2.75) is 33.6 Å². The Kier molecular flexibility index (Phi) is 6.35. The number of rotatable bonds is 5. The van der Waals surface area contributed by atoms with Crippen LogP contribution in [0.2, 0.25) is 0 Å². The van der Waals surface area contributed by atoms with Crippen LogP contribution in [-0.4, -0.2) is 5.71 Å². The van der Waals surface area contributed by atoms with Crippen LogP contribution in [-0.2, 0) is 0 Å². The van der Waals surface area contributed by atoms with Crippen LogP contribution in [0.25, 0.3) is 0 Å². The summed E-state index contributed by atoms with van der Waals surface area (Å²) in [6, 6.07) is 0. The lowest BCUT2D eigenvalue weighted by atomic mass is 10.0. The first kappa shape index (κ1) is 11.2. The van der Waals surface area contributed by atoms with Gasteiger partial charge >= 0.3 is 0 Å². The Labute approximate surface area is 75.9 Å². The van der Waals surface area contributed by atoms with E-state index in [1.165, 1.54) is 6.42 Å². The molecule has 12 heavy (non-hydrogen) atoms. The van der Waals surface area contributed by atoms with Crippen molar-refractivity contribution >= 4 is 5.71 Å². The third-order valence-electron chi connectivity index (χ3n) is 1.88. The van der Waals surface area contributed by atoms with Crippen molar-refractivity contribution in [2.75, 3.05) is 0 Å². The summed E-state index contributed by atoms with van der Waals surface area (Å²) in [7, 11) is 0. The van der Waals surface area contributed by atoms with Gasteiger partial charge in [0.1, 0.15) is 0 Å². The fraction of sp³-hybridized carbons (Fsp3) is 0.545. The number of nitrogens with zero attached hydrogens (tertiary/aromatic N) is 1. The molecule has 0 rings (SSSR count). The Bertz CT molecular complexity index is 177. The maximum atomic E-state index is 4.27. The molecular formula is C11H19N. The van der Waals surface area contributed by atoms with Crippen molar-refractivity contribution in [1.82, 2.24) is 0 Å². The van der Waals surface area contributed by atoms with E-state index in [0.29, 0.717) is 5.92 Å². The van der Waals surface area contributed by atoms with Crippen LogP contribution < -0.4 is 0 Å². The van der Waals surface area contributed by atoms with Crippen LogP contribution in [0.4, 0.5) is 0 Å². The Balaban J connectivity index is 4.07. The van der Waals surface area contributed by atoms with Gasteiger partial charge in [0.05, 0.1) is 0 Å². The topological polar surface area (TPSA) is 12.4 Å². The number of hydrogen-bond acceptors (Lipinski definition) is 1. The average molecular weight is 165 g/mol. The maximum Gasteiger partial charge on any atom is 0.0400 e. The molecule has 1 unspecified atom stereocenters. The zero-order chi connectivity index (χ0) is 9.40. The lowest BCUT2D eigenvalue weighted by Crippen LogP contribution is -2.01. The summed E-state index contributed by atoms with van der Waals surface area (Å²) in [5, 5.41) is 0. The molecule has 0 N–H and O–H groups in total. The van der Waals surface area contributed by atoms with Gasteiger partial charge in [0.15, 0.2) is 0 Å². The van der Waals surface area contributed by atoms with Gasteiger partial charge < -0.3 is 0 Å². The monoisotopic (exact) mass is 165 g/mol. The first-order valence-electron chi connectivity index (χ1n) is 4.54. The van der Waals surface area contributed by atoms with Crippen molar-refractivity contribution in [3.8, 4) is 0 Å². The van der Waals surface area contributed by atoms with Gasteiger partial charge in [-0.1, -0.05) is 32.9 Å². The number of hydrogen-bond donors (Lipinski definition) is 0. The molecule has 0 aliphatic heterocycles. The van der Waals surface area contributed by atoms with Crippen LogP contribution in [0, 0.1) is 5.92 Å². The molecule has 0 amide bonds. The van der Waals surface area contributed by atoms with Gasteiger partial charge in [0, 0.05) is 11.9 Å². The van der Waals surface area contributed by atoms with Crippen LogP contribution in [0.15, 0.2) is 29.9 Å². The molecule has 1 heteroatoms. The summed E-state index contributed by atoms with van der Waals surface area (Å²) in [4.78, 5) is 4.27. The molecule has 1 nitrogen and oxygen atoms in total. The summed E-state index contributed by atoms with van der Waals surface area (Å²) in [5.41, 5.74) is 1.09. The molecule has 0 heterocycles. The van der Waals surface area contributed by atoms with E-state index in [4.69, 9.17) is 0 Å². The third-order valence-corrected chi connectivity index (χ3v) is 1.88. The lowest BCUT2D eigenvalue weighted by molar-refractivity contribution is 0.588. The third kappa shape index (κ3) is 4.89.